The molecule has 0 unspecified atom stereocenters. The van der Waals surface area contributed by atoms with Crippen molar-refractivity contribution in [1.82, 2.24) is 10.2 Å². The van der Waals surface area contributed by atoms with E-state index in [0.717, 1.165) is 20.2 Å². The zero-order valence-corrected chi connectivity index (χ0v) is 10.5. The van der Waals surface area contributed by atoms with Crippen molar-refractivity contribution in [2.75, 3.05) is 7.11 Å². The van der Waals surface area contributed by atoms with Crippen molar-refractivity contribution in [3.8, 4) is 0 Å². The van der Waals surface area contributed by atoms with Crippen LogP contribution in [0.25, 0.3) is 10.9 Å². The monoisotopic (exact) mass is 316 g/mol. The Morgan fingerprint density at radius 2 is 2.27 bits per heavy atom. The third-order valence-electron chi connectivity index (χ3n) is 2.36. The summed E-state index contributed by atoms with van der Waals surface area (Å²) in [5, 5.41) is 8.03. The number of hydrogen-bond acceptors (Lipinski definition) is 3. The third-order valence-corrected chi connectivity index (χ3v) is 3.18. The molecule has 2 rings (SSSR count). The van der Waals surface area contributed by atoms with Crippen molar-refractivity contribution in [2.45, 2.75) is 6.92 Å². The predicted molar refractivity (Wildman–Crippen MR) is 64.9 cm³/mol. The van der Waals surface area contributed by atoms with Gasteiger partial charge in [0.15, 0.2) is 0 Å². The van der Waals surface area contributed by atoms with E-state index in [0.29, 0.717) is 5.56 Å². The third kappa shape index (κ3) is 1.60. The molecule has 0 aliphatic rings. The number of methoxy groups -OCH3 is 1. The molecule has 15 heavy (non-hydrogen) atoms. The summed E-state index contributed by atoms with van der Waals surface area (Å²) in [6.07, 6.45) is 0. The predicted octanol–water partition coefficient (Wildman–Crippen LogP) is 2.26. The molecule has 0 saturated carbocycles. The molecular formula is C10H9IN2O2. The van der Waals surface area contributed by atoms with Crippen LogP contribution >= 0.6 is 22.6 Å². The lowest BCUT2D eigenvalue weighted by Gasteiger charge is -2.03. The highest BCUT2D eigenvalue weighted by molar-refractivity contribution is 14.1. The molecule has 0 saturated heterocycles. The molecule has 0 amide bonds. The summed E-state index contributed by atoms with van der Waals surface area (Å²) >= 11 is 2.15. The number of aromatic amines is 1. The lowest BCUT2D eigenvalue weighted by Crippen LogP contribution is -2.03. The van der Waals surface area contributed by atoms with Gasteiger partial charge in [0.2, 0.25) is 0 Å². The average Bonchev–Trinajstić information content (AvgIpc) is 2.61. The Morgan fingerprint density at radius 1 is 1.53 bits per heavy atom. The number of rotatable bonds is 1. The lowest BCUT2D eigenvalue weighted by molar-refractivity contribution is 0.0600. The van der Waals surface area contributed by atoms with Crippen molar-refractivity contribution in [3.05, 3.63) is 27.0 Å². The Balaban J connectivity index is 2.71. The maximum atomic E-state index is 11.4. The number of halogens is 1. The maximum Gasteiger partial charge on any atom is 0.338 e. The fourth-order valence-electron chi connectivity index (χ4n) is 1.52. The smallest absolute Gasteiger partial charge is 0.338 e. The zero-order chi connectivity index (χ0) is 11.0. The van der Waals surface area contributed by atoms with E-state index in [4.69, 9.17) is 4.74 Å². The number of aromatic nitrogens is 2. The number of nitrogens with zero attached hydrogens (tertiary/aromatic N) is 1. The summed E-state index contributed by atoms with van der Waals surface area (Å²) in [5.41, 5.74) is 2.34. The first-order chi connectivity index (χ1) is 7.15. The number of carbonyl (C=O) groups is 1. The Morgan fingerprint density at radius 3 is 2.93 bits per heavy atom. The van der Waals surface area contributed by atoms with E-state index in [1.807, 2.05) is 13.0 Å². The van der Waals surface area contributed by atoms with Gasteiger partial charge < -0.3 is 4.74 Å². The lowest BCUT2D eigenvalue weighted by atomic mass is 10.1. The van der Waals surface area contributed by atoms with E-state index in [-0.39, 0.29) is 5.97 Å². The molecule has 0 radical (unpaired) electrons. The van der Waals surface area contributed by atoms with Gasteiger partial charge in [0.1, 0.15) is 3.70 Å². The summed E-state index contributed by atoms with van der Waals surface area (Å²) in [6.45, 7) is 1.88. The molecule has 5 heteroatoms. The van der Waals surface area contributed by atoms with Gasteiger partial charge >= 0.3 is 5.97 Å². The minimum atomic E-state index is -0.320. The maximum absolute atomic E-state index is 11.4. The first-order valence-corrected chi connectivity index (χ1v) is 5.44. The number of nitrogens with one attached hydrogen (secondary N) is 1. The topological polar surface area (TPSA) is 55.0 Å². The van der Waals surface area contributed by atoms with E-state index < -0.39 is 0 Å². The van der Waals surface area contributed by atoms with Gasteiger partial charge in [0.25, 0.3) is 0 Å². The number of ether oxygens (including phenoxy) is 1. The summed E-state index contributed by atoms with van der Waals surface area (Å²) in [5.74, 6) is -0.320. The number of carbonyl (C=O) groups excluding carboxylic acids is 1. The number of fused-ring (bicyclic) bond motifs is 1. The Kier molecular flexibility index (Phi) is 2.64. The molecule has 0 aliphatic carbocycles. The first-order valence-electron chi connectivity index (χ1n) is 4.36. The van der Waals surface area contributed by atoms with Crippen molar-refractivity contribution in [1.29, 1.82) is 0 Å². The molecule has 4 nitrogen and oxygen atoms in total. The molecule has 2 aromatic rings. The van der Waals surface area contributed by atoms with Crippen LogP contribution in [0.3, 0.4) is 0 Å². The van der Waals surface area contributed by atoms with Gasteiger partial charge in [0, 0.05) is 5.39 Å². The number of benzene rings is 1. The zero-order valence-electron chi connectivity index (χ0n) is 8.30. The number of H-pyrrole nitrogens is 1. The first kappa shape index (κ1) is 10.4. The van der Waals surface area contributed by atoms with E-state index in [1.54, 1.807) is 6.07 Å². The molecule has 1 aromatic carbocycles. The van der Waals surface area contributed by atoms with Crippen molar-refractivity contribution in [3.63, 3.8) is 0 Å². The highest BCUT2D eigenvalue weighted by Crippen LogP contribution is 2.23. The van der Waals surface area contributed by atoms with E-state index >= 15 is 0 Å². The van der Waals surface area contributed by atoms with Gasteiger partial charge in [-0.2, -0.15) is 5.10 Å². The van der Waals surface area contributed by atoms with Crippen LogP contribution in [0.15, 0.2) is 12.1 Å². The minimum absolute atomic E-state index is 0.320. The molecule has 0 atom stereocenters. The number of aryl methyl sites for hydroxylation is 1. The van der Waals surface area contributed by atoms with E-state index in [9.17, 15) is 4.79 Å². The summed E-state index contributed by atoms with van der Waals surface area (Å²) in [6, 6.07) is 3.64. The van der Waals surface area contributed by atoms with Gasteiger partial charge in [-0.05, 0) is 47.2 Å². The van der Waals surface area contributed by atoms with E-state index in [1.165, 1.54) is 7.11 Å². The molecule has 0 fully saturated rings. The van der Waals surface area contributed by atoms with Crippen LogP contribution < -0.4 is 0 Å². The van der Waals surface area contributed by atoms with Crippen molar-refractivity contribution < 1.29 is 9.53 Å². The quantitative estimate of drug-likeness (QED) is 0.648. The minimum Gasteiger partial charge on any atom is -0.465 e. The fourth-order valence-corrected chi connectivity index (χ4v) is 2.09. The van der Waals surface area contributed by atoms with Crippen molar-refractivity contribution >= 4 is 39.5 Å². The van der Waals surface area contributed by atoms with Crippen LogP contribution in [-0.4, -0.2) is 23.3 Å². The molecule has 1 heterocycles. The summed E-state index contributed by atoms with van der Waals surface area (Å²) in [4.78, 5) is 11.4. The Bertz CT molecular complexity index is 533. The summed E-state index contributed by atoms with van der Waals surface area (Å²) in [7, 11) is 1.38. The second kappa shape index (κ2) is 3.80. The van der Waals surface area contributed by atoms with Crippen LogP contribution in [0.1, 0.15) is 15.9 Å². The van der Waals surface area contributed by atoms with Crippen molar-refractivity contribution in [2.24, 2.45) is 0 Å². The SMILES string of the molecule is COC(=O)c1ccc2c(I)n[nH]c2c1C. The van der Waals surface area contributed by atoms with Crippen LogP contribution in [0.5, 0.6) is 0 Å². The normalized spacial score (nSPS) is 10.6. The van der Waals surface area contributed by atoms with Crippen LogP contribution in [0, 0.1) is 10.6 Å². The van der Waals surface area contributed by atoms with Gasteiger partial charge in [-0.3, -0.25) is 5.10 Å². The van der Waals surface area contributed by atoms with Gasteiger partial charge in [0.05, 0.1) is 18.2 Å². The van der Waals surface area contributed by atoms with Crippen LogP contribution in [-0.2, 0) is 4.74 Å². The average molecular weight is 316 g/mol. The van der Waals surface area contributed by atoms with Gasteiger partial charge in [-0.1, -0.05) is 0 Å². The second-order valence-electron chi connectivity index (χ2n) is 3.17. The molecule has 1 aromatic heterocycles. The van der Waals surface area contributed by atoms with E-state index in [2.05, 4.69) is 32.8 Å². The highest BCUT2D eigenvalue weighted by Gasteiger charge is 2.13. The molecule has 0 aliphatic heterocycles. The molecule has 1 N–H and O–H groups in total. The Hall–Kier alpha value is -1.11. The largest absolute Gasteiger partial charge is 0.465 e. The van der Waals surface area contributed by atoms with Gasteiger partial charge in [-0.15, -0.1) is 0 Å². The fraction of sp³-hybridized carbons (Fsp3) is 0.200. The van der Waals surface area contributed by atoms with Crippen LogP contribution in [0.2, 0.25) is 0 Å². The van der Waals surface area contributed by atoms with Gasteiger partial charge in [-0.25, -0.2) is 4.79 Å². The summed E-state index contributed by atoms with van der Waals surface area (Å²) < 4.78 is 5.60. The Labute approximate surface area is 100 Å². The number of esters is 1. The molecular weight excluding hydrogens is 307 g/mol. The second-order valence-corrected chi connectivity index (χ2v) is 4.19. The molecule has 0 bridgehead atoms. The molecule has 78 valence electrons. The molecule has 0 spiro atoms. The number of hydrogen-bond donors (Lipinski definition) is 1. The highest BCUT2D eigenvalue weighted by atomic mass is 127. The van der Waals surface area contributed by atoms with Crippen LogP contribution in [0.4, 0.5) is 0 Å². The standard InChI is InChI=1S/C10H9IN2O2/c1-5-6(10(14)15-2)3-4-7-8(5)12-13-9(7)11/h3-4H,1-2H3,(H,12,13).